The van der Waals surface area contributed by atoms with Gasteiger partial charge in [-0.05, 0) is 6.54 Å². The monoisotopic (exact) mass is 166 g/mol. The summed E-state index contributed by atoms with van der Waals surface area (Å²) in [6.07, 6.45) is 1.05. The van der Waals surface area contributed by atoms with E-state index in [4.69, 9.17) is 5.73 Å². The van der Waals surface area contributed by atoms with Crippen LogP contribution in [-0.4, -0.2) is 28.2 Å². The van der Waals surface area contributed by atoms with Gasteiger partial charge in [-0.25, -0.2) is 0 Å². The van der Waals surface area contributed by atoms with E-state index in [1.165, 1.54) is 11.3 Å². The van der Waals surface area contributed by atoms with Crippen molar-refractivity contribution < 1.29 is 0 Å². The maximum atomic E-state index is 5.71. The summed E-state index contributed by atoms with van der Waals surface area (Å²) in [5, 5.41) is 6.96. The minimum Gasteiger partial charge on any atom is -0.382 e. The molecule has 66 valence electrons. The lowest BCUT2D eigenvalue weighted by Gasteiger charge is -2.24. The largest absolute Gasteiger partial charge is 0.382 e. The number of nitrogens with zero attached hydrogens (tertiary/aromatic N) is 2. The van der Waals surface area contributed by atoms with Gasteiger partial charge in [-0.3, -0.25) is 10.00 Å². The third-order valence-electron chi connectivity index (χ3n) is 2.49. The van der Waals surface area contributed by atoms with Gasteiger partial charge >= 0.3 is 0 Å². The normalized spacial score (nSPS) is 17.8. The average molecular weight is 166 g/mol. The maximum absolute atomic E-state index is 5.71. The number of nitrogen functional groups attached to an aromatic ring is 1. The zero-order valence-corrected chi connectivity index (χ0v) is 7.30. The molecule has 1 aromatic heterocycles. The lowest BCUT2D eigenvalue weighted by Crippen LogP contribution is -2.30. The Bertz CT molecular complexity index is 279. The van der Waals surface area contributed by atoms with Crippen LogP contribution in [0, 0.1) is 0 Å². The van der Waals surface area contributed by atoms with E-state index in [2.05, 4.69) is 22.0 Å². The molecule has 4 heteroatoms. The second-order valence-corrected chi connectivity index (χ2v) is 3.18. The van der Waals surface area contributed by atoms with Gasteiger partial charge in [-0.2, -0.15) is 5.10 Å². The van der Waals surface area contributed by atoms with Crippen molar-refractivity contribution in [2.45, 2.75) is 19.9 Å². The molecule has 0 aliphatic carbocycles. The number of H-pyrrole nitrogens is 1. The van der Waals surface area contributed by atoms with Crippen molar-refractivity contribution >= 4 is 5.82 Å². The van der Waals surface area contributed by atoms with E-state index in [1.807, 2.05) is 0 Å². The molecule has 0 saturated carbocycles. The van der Waals surface area contributed by atoms with Gasteiger partial charge < -0.3 is 5.73 Å². The number of anilines is 1. The number of nitrogens with one attached hydrogen (secondary N) is 1. The number of aromatic amines is 1. The van der Waals surface area contributed by atoms with E-state index < -0.39 is 0 Å². The fourth-order valence-electron chi connectivity index (χ4n) is 1.64. The van der Waals surface area contributed by atoms with Crippen LogP contribution in [-0.2, 0) is 13.0 Å². The second-order valence-electron chi connectivity index (χ2n) is 3.18. The molecule has 0 fully saturated rings. The number of fused-ring (bicyclic) bond motifs is 1. The third-order valence-corrected chi connectivity index (χ3v) is 2.49. The first-order valence-corrected chi connectivity index (χ1v) is 4.35. The van der Waals surface area contributed by atoms with Gasteiger partial charge in [-0.15, -0.1) is 0 Å². The first-order valence-electron chi connectivity index (χ1n) is 4.35. The number of hydrogen-bond acceptors (Lipinski definition) is 3. The van der Waals surface area contributed by atoms with Crippen LogP contribution in [0.2, 0.25) is 0 Å². The smallest absolute Gasteiger partial charge is 0.149 e. The molecule has 1 aliphatic rings. The molecule has 0 saturated heterocycles. The minimum atomic E-state index is 0.670. The van der Waals surface area contributed by atoms with Crippen LogP contribution in [0.4, 0.5) is 5.82 Å². The predicted molar refractivity (Wildman–Crippen MR) is 47.7 cm³/mol. The quantitative estimate of drug-likeness (QED) is 0.633. The summed E-state index contributed by atoms with van der Waals surface area (Å²) in [5.41, 5.74) is 8.13. The van der Waals surface area contributed by atoms with Crippen molar-refractivity contribution in [1.82, 2.24) is 15.1 Å². The van der Waals surface area contributed by atoms with Crippen molar-refractivity contribution in [2.75, 3.05) is 18.8 Å². The van der Waals surface area contributed by atoms with Crippen molar-refractivity contribution in [2.24, 2.45) is 0 Å². The van der Waals surface area contributed by atoms with E-state index >= 15 is 0 Å². The molecular formula is C8H14N4. The van der Waals surface area contributed by atoms with Crippen molar-refractivity contribution in [3.63, 3.8) is 0 Å². The van der Waals surface area contributed by atoms with Crippen molar-refractivity contribution in [1.29, 1.82) is 0 Å². The van der Waals surface area contributed by atoms with Crippen LogP contribution < -0.4 is 5.73 Å². The molecule has 1 aliphatic heterocycles. The predicted octanol–water partition coefficient (Wildman–Crippen LogP) is 0.370. The summed E-state index contributed by atoms with van der Waals surface area (Å²) >= 11 is 0. The Kier molecular flexibility index (Phi) is 1.77. The Morgan fingerprint density at radius 2 is 2.50 bits per heavy atom. The van der Waals surface area contributed by atoms with Crippen LogP contribution in [0.3, 0.4) is 0 Å². The van der Waals surface area contributed by atoms with E-state index in [0.29, 0.717) is 5.82 Å². The molecular weight excluding hydrogens is 152 g/mol. The van der Waals surface area contributed by atoms with E-state index in [-0.39, 0.29) is 0 Å². The molecule has 0 atom stereocenters. The molecule has 4 nitrogen and oxygen atoms in total. The van der Waals surface area contributed by atoms with Crippen LogP contribution in [0.15, 0.2) is 0 Å². The maximum Gasteiger partial charge on any atom is 0.149 e. The topological polar surface area (TPSA) is 57.9 Å². The van der Waals surface area contributed by atoms with Gasteiger partial charge in [0, 0.05) is 30.8 Å². The Hall–Kier alpha value is -1.03. The van der Waals surface area contributed by atoms with Crippen LogP contribution in [0.5, 0.6) is 0 Å². The highest BCUT2D eigenvalue weighted by atomic mass is 15.2. The molecule has 0 bridgehead atoms. The summed E-state index contributed by atoms with van der Waals surface area (Å²) in [7, 11) is 0. The second kappa shape index (κ2) is 2.79. The van der Waals surface area contributed by atoms with Crippen molar-refractivity contribution in [3.8, 4) is 0 Å². The van der Waals surface area contributed by atoms with E-state index in [0.717, 1.165) is 26.1 Å². The number of rotatable bonds is 1. The van der Waals surface area contributed by atoms with E-state index in [1.54, 1.807) is 0 Å². The average Bonchev–Trinajstić information content (AvgIpc) is 2.47. The molecule has 3 N–H and O–H groups in total. The SMILES string of the molecule is CCN1CCc2[nH]nc(N)c2C1. The zero-order chi connectivity index (χ0) is 8.55. The van der Waals surface area contributed by atoms with Crippen LogP contribution in [0.1, 0.15) is 18.2 Å². The van der Waals surface area contributed by atoms with Gasteiger partial charge in [0.25, 0.3) is 0 Å². The number of likely N-dealkylation sites (N-methyl/N-ethyl adjacent to an activating group) is 1. The third kappa shape index (κ3) is 1.08. The van der Waals surface area contributed by atoms with E-state index in [9.17, 15) is 0 Å². The Balaban J connectivity index is 2.26. The number of aromatic nitrogens is 2. The summed E-state index contributed by atoms with van der Waals surface area (Å²) in [4.78, 5) is 2.37. The number of nitrogens with two attached hydrogens (primary N) is 1. The Morgan fingerprint density at radius 3 is 3.25 bits per heavy atom. The van der Waals surface area contributed by atoms with Gasteiger partial charge in [0.15, 0.2) is 0 Å². The molecule has 0 unspecified atom stereocenters. The lowest BCUT2D eigenvalue weighted by atomic mass is 10.1. The van der Waals surface area contributed by atoms with Crippen molar-refractivity contribution in [3.05, 3.63) is 11.3 Å². The molecule has 0 spiro atoms. The molecule has 0 amide bonds. The highest BCUT2D eigenvalue weighted by molar-refractivity contribution is 5.42. The summed E-state index contributed by atoms with van der Waals surface area (Å²) in [5.74, 6) is 0.670. The summed E-state index contributed by atoms with van der Waals surface area (Å²) in [6.45, 7) is 5.32. The molecule has 2 rings (SSSR count). The molecule has 12 heavy (non-hydrogen) atoms. The fraction of sp³-hybridized carbons (Fsp3) is 0.625. The first-order chi connectivity index (χ1) is 5.81. The Labute approximate surface area is 71.7 Å². The molecule has 0 radical (unpaired) electrons. The molecule has 2 heterocycles. The van der Waals surface area contributed by atoms with Gasteiger partial charge in [0.05, 0.1) is 0 Å². The minimum absolute atomic E-state index is 0.670. The van der Waals surface area contributed by atoms with Gasteiger partial charge in [-0.1, -0.05) is 6.92 Å². The highest BCUT2D eigenvalue weighted by Crippen LogP contribution is 2.20. The number of hydrogen-bond donors (Lipinski definition) is 2. The Morgan fingerprint density at radius 1 is 1.67 bits per heavy atom. The van der Waals surface area contributed by atoms with Crippen LogP contribution >= 0.6 is 0 Å². The zero-order valence-electron chi connectivity index (χ0n) is 7.30. The van der Waals surface area contributed by atoms with Crippen LogP contribution in [0.25, 0.3) is 0 Å². The lowest BCUT2D eigenvalue weighted by molar-refractivity contribution is 0.267. The molecule has 0 aromatic carbocycles. The summed E-state index contributed by atoms with van der Waals surface area (Å²) < 4.78 is 0. The highest BCUT2D eigenvalue weighted by Gasteiger charge is 2.18. The standard InChI is InChI=1S/C8H14N4/c1-2-12-4-3-7-6(5-12)8(9)11-10-7/h2-5H2,1H3,(H3,9,10,11). The van der Waals surface area contributed by atoms with Gasteiger partial charge in [0.1, 0.15) is 5.82 Å². The fourth-order valence-corrected chi connectivity index (χ4v) is 1.64. The summed E-state index contributed by atoms with van der Waals surface area (Å²) in [6, 6.07) is 0. The first kappa shape index (κ1) is 7.61. The molecule has 1 aromatic rings. The van der Waals surface area contributed by atoms with Gasteiger partial charge in [0.2, 0.25) is 0 Å².